The number of ether oxygens (including phenoxy) is 1. The molecule has 0 fully saturated rings. The molecule has 1 heterocycles. The Morgan fingerprint density at radius 3 is 2.48 bits per heavy atom. The predicted octanol–water partition coefficient (Wildman–Crippen LogP) is 6.15. The Morgan fingerprint density at radius 1 is 1.00 bits per heavy atom. The van der Waals surface area contributed by atoms with Crippen molar-refractivity contribution in [2.75, 3.05) is 12.4 Å². The molecule has 1 aliphatic carbocycles. The molecular weight excluding hydrogens is 404 g/mol. The van der Waals surface area contributed by atoms with Gasteiger partial charge in [-0.2, -0.15) is 0 Å². The monoisotopic (exact) mass is 426 g/mol. The van der Waals surface area contributed by atoms with Gasteiger partial charge in [0.05, 0.1) is 12.8 Å². The van der Waals surface area contributed by atoms with Crippen LogP contribution >= 0.6 is 11.3 Å². The minimum atomic E-state index is -0.142. The maximum absolute atomic E-state index is 12.8. The van der Waals surface area contributed by atoms with Gasteiger partial charge in [0.25, 0.3) is 5.91 Å². The van der Waals surface area contributed by atoms with Gasteiger partial charge in [0, 0.05) is 16.0 Å². The van der Waals surface area contributed by atoms with E-state index in [0.29, 0.717) is 10.7 Å². The lowest BCUT2D eigenvalue weighted by Gasteiger charge is -2.17. The van der Waals surface area contributed by atoms with E-state index >= 15 is 0 Å². The first kappa shape index (κ1) is 19.5. The summed E-state index contributed by atoms with van der Waals surface area (Å²) >= 11 is 1.56. The molecule has 0 saturated heterocycles. The van der Waals surface area contributed by atoms with Gasteiger partial charge in [-0.25, -0.2) is 4.98 Å². The third kappa shape index (κ3) is 3.73. The van der Waals surface area contributed by atoms with E-state index < -0.39 is 0 Å². The van der Waals surface area contributed by atoms with Crippen LogP contribution in [0.5, 0.6) is 5.75 Å². The molecule has 0 spiro atoms. The van der Waals surface area contributed by atoms with Gasteiger partial charge < -0.3 is 4.74 Å². The van der Waals surface area contributed by atoms with Crippen LogP contribution in [0.1, 0.15) is 26.4 Å². The Hall–Kier alpha value is -3.44. The maximum Gasteiger partial charge on any atom is 0.257 e. The molecule has 0 radical (unpaired) electrons. The van der Waals surface area contributed by atoms with Crippen LogP contribution in [-0.2, 0) is 12.8 Å². The second-order valence-electron chi connectivity index (χ2n) is 7.67. The fourth-order valence-corrected chi connectivity index (χ4v) is 5.00. The Bertz CT molecular complexity index is 1260. The number of fused-ring (bicyclic) bond motifs is 3. The largest absolute Gasteiger partial charge is 0.496 e. The molecule has 4 nitrogen and oxygen atoms in total. The SMILES string of the molecule is COc1cc2c(cc1C)-c1nc(NC(=O)c3ccc(-c4ccccc4)cc3)sc1CC2. The average Bonchev–Trinajstić information content (AvgIpc) is 3.22. The van der Waals surface area contributed by atoms with Gasteiger partial charge in [0.1, 0.15) is 5.75 Å². The summed E-state index contributed by atoms with van der Waals surface area (Å²) in [6.07, 6.45) is 1.88. The summed E-state index contributed by atoms with van der Waals surface area (Å²) in [6, 6.07) is 22.0. The van der Waals surface area contributed by atoms with Crippen molar-refractivity contribution in [3.05, 3.63) is 88.3 Å². The molecule has 0 unspecified atom stereocenters. The Balaban J connectivity index is 1.37. The quantitative estimate of drug-likeness (QED) is 0.426. The molecule has 0 atom stereocenters. The number of methoxy groups -OCH3 is 1. The topological polar surface area (TPSA) is 51.2 Å². The van der Waals surface area contributed by atoms with Gasteiger partial charge in [-0.3, -0.25) is 10.1 Å². The standard InChI is InChI=1S/C26H22N2O2S/c1-16-14-21-20(15-22(16)30-2)12-13-23-24(21)27-26(31-23)28-25(29)19-10-8-18(9-11-19)17-6-4-3-5-7-17/h3-11,14-15H,12-13H2,1-2H3,(H,27,28,29). The van der Waals surface area contributed by atoms with E-state index in [1.807, 2.05) is 49.4 Å². The molecule has 5 heteroatoms. The van der Waals surface area contributed by atoms with Gasteiger partial charge in [-0.05, 0) is 66.3 Å². The van der Waals surface area contributed by atoms with Crippen LogP contribution in [0, 0.1) is 6.92 Å². The van der Waals surface area contributed by atoms with E-state index in [0.717, 1.165) is 46.5 Å². The Labute approximate surface area is 185 Å². The van der Waals surface area contributed by atoms with Crippen LogP contribution in [0.25, 0.3) is 22.4 Å². The summed E-state index contributed by atoms with van der Waals surface area (Å²) in [5.74, 6) is 0.766. The van der Waals surface area contributed by atoms with Gasteiger partial charge >= 0.3 is 0 Å². The van der Waals surface area contributed by atoms with Gasteiger partial charge in [0.15, 0.2) is 5.13 Å². The number of aromatic nitrogens is 1. The number of hydrogen-bond acceptors (Lipinski definition) is 4. The summed E-state index contributed by atoms with van der Waals surface area (Å²) in [5.41, 5.74) is 7.29. The van der Waals surface area contributed by atoms with Crippen LogP contribution < -0.4 is 10.1 Å². The number of aryl methyl sites for hydroxylation is 3. The lowest BCUT2D eigenvalue weighted by atomic mass is 9.91. The number of rotatable bonds is 4. The minimum Gasteiger partial charge on any atom is -0.496 e. The number of thiazole rings is 1. The smallest absolute Gasteiger partial charge is 0.257 e. The van der Waals surface area contributed by atoms with E-state index in [9.17, 15) is 4.79 Å². The zero-order valence-electron chi connectivity index (χ0n) is 17.4. The molecular formula is C26H22N2O2S. The van der Waals surface area contributed by atoms with Crippen LogP contribution in [0.3, 0.4) is 0 Å². The molecule has 31 heavy (non-hydrogen) atoms. The van der Waals surface area contributed by atoms with Gasteiger partial charge in [-0.15, -0.1) is 11.3 Å². The van der Waals surface area contributed by atoms with E-state index in [1.165, 1.54) is 10.4 Å². The second-order valence-corrected chi connectivity index (χ2v) is 8.75. The van der Waals surface area contributed by atoms with Crippen LogP contribution in [0.15, 0.2) is 66.7 Å². The number of hydrogen-bond donors (Lipinski definition) is 1. The van der Waals surface area contributed by atoms with Gasteiger partial charge in [0.2, 0.25) is 0 Å². The number of amides is 1. The van der Waals surface area contributed by atoms with Crippen molar-refractivity contribution in [3.63, 3.8) is 0 Å². The molecule has 1 amide bonds. The number of anilines is 1. The third-order valence-electron chi connectivity index (χ3n) is 5.67. The summed E-state index contributed by atoms with van der Waals surface area (Å²) < 4.78 is 5.47. The highest BCUT2D eigenvalue weighted by molar-refractivity contribution is 7.16. The van der Waals surface area contributed by atoms with Crippen molar-refractivity contribution < 1.29 is 9.53 Å². The number of carbonyl (C=O) groups excluding carboxylic acids is 1. The molecule has 1 N–H and O–H groups in total. The van der Waals surface area contributed by atoms with Crippen LogP contribution in [-0.4, -0.2) is 18.0 Å². The third-order valence-corrected chi connectivity index (χ3v) is 6.70. The lowest BCUT2D eigenvalue weighted by Crippen LogP contribution is -2.11. The maximum atomic E-state index is 12.8. The van der Waals surface area contributed by atoms with E-state index in [4.69, 9.17) is 9.72 Å². The Morgan fingerprint density at radius 2 is 1.74 bits per heavy atom. The van der Waals surface area contributed by atoms with E-state index in [2.05, 4.69) is 29.6 Å². The van der Waals surface area contributed by atoms with Crippen LogP contribution in [0.2, 0.25) is 0 Å². The lowest BCUT2D eigenvalue weighted by molar-refractivity contribution is 0.102. The number of nitrogens with one attached hydrogen (secondary N) is 1. The van der Waals surface area contributed by atoms with Crippen LogP contribution in [0.4, 0.5) is 5.13 Å². The van der Waals surface area contributed by atoms with Crippen molar-refractivity contribution in [1.82, 2.24) is 4.98 Å². The molecule has 1 aliphatic rings. The second kappa shape index (κ2) is 8.00. The molecule has 1 aromatic heterocycles. The molecule has 3 aromatic carbocycles. The fraction of sp³-hybridized carbons (Fsp3) is 0.154. The zero-order valence-corrected chi connectivity index (χ0v) is 18.3. The highest BCUT2D eigenvalue weighted by atomic mass is 32.1. The Kier molecular flexibility index (Phi) is 5.04. The number of carbonyl (C=O) groups is 1. The first-order chi connectivity index (χ1) is 15.1. The highest BCUT2D eigenvalue weighted by Gasteiger charge is 2.23. The molecule has 4 aromatic rings. The molecule has 5 rings (SSSR count). The number of nitrogens with zero attached hydrogens (tertiary/aromatic N) is 1. The number of benzene rings is 3. The van der Waals surface area contributed by atoms with Crippen molar-refractivity contribution >= 4 is 22.4 Å². The van der Waals surface area contributed by atoms with E-state index in [-0.39, 0.29) is 5.91 Å². The highest BCUT2D eigenvalue weighted by Crippen LogP contribution is 2.40. The van der Waals surface area contributed by atoms with Crippen molar-refractivity contribution in [2.24, 2.45) is 0 Å². The minimum absolute atomic E-state index is 0.142. The van der Waals surface area contributed by atoms with Crippen molar-refractivity contribution in [1.29, 1.82) is 0 Å². The summed E-state index contributed by atoms with van der Waals surface area (Å²) in [4.78, 5) is 18.8. The first-order valence-electron chi connectivity index (χ1n) is 10.3. The van der Waals surface area contributed by atoms with Gasteiger partial charge in [-0.1, -0.05) is 42.5 Å². The fourth-order valence-electron chi connectivity index (χ4n) is 4.02. The molecule has 154 valence electrons. The summed E-state index contributed by atoms with van der Waals surface area (Å²) in [5, 5.41) is 3.63. The average molecular weight is 427 g/mol. The molecule has 0 bridgehead atoms. The van der Waals surface area contributed by atoms with E-state index in [1.54, 1.807) is 18.4 Å². The zero-order chi connectivity index (χ0) is 21.4. The molecule has 0 aliphatic heterocycles. The summed E-state index contributed by atoms with van der Waals surface area (Å²) in [6.45, 7) is 2.04. The predicted molar refractivity (Wildman–Crippen MR) is 126 cm³/mol. The first-order valence-corrected chi connectivity index (χ1v) is 11.1. The van der Waals surface area contributed by atoms with Crippen molar-refractivity contribution in [3.8, 4) is 28.1 Å². The van der Waals surface area contributed by atoms with Crippen molar-refractivity contribution in [2.45, 2.75) is 19.8 Å². The summed E-state index contributed by atoms with van der Waals surface area (Å²) in [7, 11) is 1.70. The normalized spacial score (nSPS) is 12.1. The molecule has 0 saturated carbocycles.